The van der Waals surface area contributed by atoms with Crippen molar-refractivity contribution in [1.82, 2.24) is 0 Å². The Labute approximate surface area is 93.8 Å². The first-order valence-corrected chi connectivity index (χ1v) is 4.68. The van der Waals surface area contributed by atoms with Gasteiger partial charge in [0.2, 0.25) is 0 Å². The molecule has 5 heteroatoms. The van der Waals surface area contributed by atoms with Crippen molar-refractivity contribution in [2.45, 2.75) is 12.5 Å². The lowest BCUT2D eigenvalue weighted by Crippen LogP contribution is -2.41. The zero-order valence-electron chi connectivity index (χ0n) is 9.48. The molecule has 0 aromatic heterocycles. The third kappa shape index (κ3) is 2.09. The second kappa shape index (κ2) is 4.40. The van der Waals surface area contributed by atoms with E-state index in [0.29, 0.717) is 17.1 Å². The molecule has 5 nitrogen and oxygen atoms in total. The highest BCUT2D eigenvalue weighted by atomic mass is 16.5. The monoisotopic (exact) mass is 225 g/mol. The molecule has 1 aromatic carbocycles. The van der Waals surface area contributed by atoms with Crippen LogP contribution in [0.4, 0.5) is 0 Å². The Kier molecular flexibility index (Phi) is 3.39. The van der Waals surface area contributed by atoms with Gasteiger partial charge in [-0.15, -0.1) is 0 Å². The van der Waals surface area contributed by atoms with Crippen LogP contribution in [0.5, 0.6) is 11.5 Å². The minimum Gasteiger partial charge on any atom is -0.493 e. The molecule has 0 saturated carbocycles. The summed E-state index contributed by atoms with van der Waals surface area (Å²) in [6.45, 7) is 1.43. The topological polar surface area (TPSA) is 81.8 Å². The molecule has 1 aromatic rings. The lowest BCUT2D eigenvalue weighted by atomic mass is 9.93. The lowest BCUT2D eigenvalue weighted by molar-refractivity contribution is -0.143. The number of carboxylic acid groups (broad SMARTS) is 1. The molecule has 0 aliphatic rings. The van der Waals surface area contributed by atoms with Crippen molar-refractivity contribution >= 4 is 5.97 Å². The molecule has 0 aliphatic heterocycles. The van der Waals surface area contributed by atoms with Crippen LogP contribution in [0.25, 0.3) is 0 Å². The quantitative estimate of drug-likeness (QED) is 0.797. The summed E-state index contributed by atoms with van der Waals surface area (Å²) < 4.78 is 10.1. The van der Waals surface area contributed by atoms with E-state index in [9.17, 15) is 4.79 Å². The van der Waals surface area contributed by atoms with Crippen molar-refractivity contribution < 1.29 is 19.4 Å². The predicted octanol–water partition coefficient (Wildman–Crippen LogP) is 0.962. The third-order valence-corrected chi connectivity index (χ3v) is 2.43. The highest BCUT2D eigenvalue weighted by molar-refractivity contribution is 5.80. The summed E-state index contributed by atoms with van der Waals surface area (Å²) in [5.41, 5.74) is 4.71. The summed E-state index contributed by atoms with van der Waals surface area (Å²) in [6, 6.07) is 4.80. The van der Waals surface area contributed by atoms with Gasteiger partial charge in [0.05, 0.1) is 14.2 Å². The summed E-state index contributed by atoms with van der Waals surface area (Å²) >= 11 is 0. The first-order valence-electron chi connectivity index (χ1n) is 4.68. The molecule has 0 heterocycles. The molecule has 0 bridgehead atoms. The number of benzene rings is 1. The SMILES string of the molecule is COc1ccc(C(C)(N)C(=O)O)cc1OC. The van der Waals surface area contributed by atoms with E-state index < -0.39 is 11.5 Å². The van der Waals surface area contributed by atoms with Gasteiger partial charge >= 0.3 is 5.97 Å². The van der Waals surface area contributed by atoms with E-state index in [1.807, 2.05) is 0 Å². The predicted molar refractivity (Wildman–Crippen MR) is 58.7 cm³/mol. The Morgan fingerprint density at radius 1 is 1.31 bits per heavy atom. The molecule has 1 atom stereocenters. The summed E-state index contributed by atoms with van der Waals surface area (Å²) in [6.07, 6.45) is 0. The van der Waals surface area contributed by atoms with Crippen LogP contribution in [0.15, 0.2) is 18.2 Å². The van der Waals surface area contributed by atoms with Crippen LogP contribution in [0.1, 0.15) is 12.5 Å². The van der Waals surface area contributed by atoms with Crippen LogP contribution in [-0.2, 0) is 10.3 Å². The number of methoxy groups -OCH3 is 2. The van der Waals surface area contributed by atoms with E-state index in [1.54, 1.807) is 18.2 Å². The molecular formula is C11H15NO4. The molecule has 0 amide bonds. The van der Waals surface area contributed by atoms with E-state index in [1.165, 1.54) is 21.1 Å². The van der Waals surface area contributed by atoms with Gasteiger partial charge in [-0.3, -0.25) is 0 Å². The minimum absolute atomic E-state index is 0.456. The molecule has 0 fully saturated rings. The first kappa shape index (κ1) is 12.3. The number of hydrogen-bond donors (Lipinski definition) is 2. The number of carboxylic acids is 1. The molecule has 0 aliphatic carbocycles. The van der Waals surface area contributed by atoms with Crippen molar-refractivity contribution in [2.75, 3.05) is 14.2 Å². The molecule has 0 radical (unpaired) electrons. The van der Waals surface area contributed by atoms with Crippen molar-refractivity contribution in [3.8, 4) is 11.5 Å². The molecular weight excluding hydrogens is 210 g/mol. The number of hydrogen-bond acceptors (Lipinski definition) is 4. The molecule has 3 N–H and O–H groups in total. The van der Waals surface area contributed by atoms with Crippen molar-refractivity contribution in [1.29, 1.82) is 0 Å². The van der Waals surface area contributed by atoms with Gasteiger partial charge in [-0.25, -0.2) is 4.79 Å². The molecule has 1 rings (SSSR count). The van der Waals surface area contributed by atoms with Crippen LogP contribution in [0.3, 0.4) is 0 Å². The Morgan fingerprint density at radius 3 is 2.31 bits per heavy atom. The van der Waals surface area contributed by atoms with Crippen LogP contribution < -0.4 is 15.2 Å². The highest BCUT2D eigenvalue weighted by Gasteiger charge is 2.31. The Bertz CT molecular complexity index is 401. The first-order chi connectivity index (χ1) is 7.43. The van der Waals surface area contributed by atoms with Gasteiger partial charge in [0, 0.05) is 0 Å². The summed E-state index contributed by atoms with van der Waals surface area (Å²) in [5, 5.41) is 8.99. The molecule has 0 spiro atoms. The van der Waals surface area contributed by atoms with E-state index in [2.05, 4.69) is 0 Å². The maximum atomic E-state index is 11.0. The maximum absolute atomic E-state index is 11.0. The minimum atomic E-state index is -1.44. The van der Waals surface area contributed by atoms with Crippen molar-refractivity contribution in [3.63, 3.8) is 0 Å². The average Bonchev–Trinajstić information content (AvgIpc) is 2.27. The maximum Gasteiger partial charge on any atom is 0.328 e. The van der Waals surface area contributed by atoms with Crippen LogP contribution in [-0.4, -0.2) is 25.3 Å². The fraction of sp³-hybridized carbons (Fsp3) is 0.364. The number of ether oxygens (including phenoxy) is 2. The average molecular weight is 225 g/mol. The Morgan fingerprint density at radius 2 is 1.88 bits per heavy atom. The zero-order chi connectivity index (χ0) is 12.3. The normalized spacial score (nSPS) is 14.0. The third-order valence-electron chi connectivity index (χ3n) is 2.43. The summed E-state index contributed by atoms with van der Waals surface area (Å²) in [5.74, 6) is -0.106. The van der Waals surface area contributed by atoms with Gasteiger partial charge in [-0.2, -0.15) is 0 Å². The summed E-state index contributed by atoms with van der Waals surface area (Å²) in [7, 11) is 2.99. The number of carbonyl (C=O) groups is 1. The standard InChI is InChI=1S/C11H15NO4/c1-11(12,10(13)14)7-4-5-8(15-2)9(6-7)16-3/h4-6H,12H2,1-3H3,(H,13,14). The molecule has 16 heavy (non-hydrogen) atoms. The van der Waals surface area contributed by atoms with Gasteiger partial charge in [0.15, 0.2) is 11.5 Å². The van der Waals surface area contributed by atoms with Crippen molar-refractivity contribution in [3.05, 3.63) is 23.8 Å². The van der Waals surface area contributed by atoms with E-state index >= 15 is 0 Å². The van der Waals surface area contributed by atoms with Gasteiger partial charge in [0.1, 0.15) is 5.54 Å². The van der Waals surface area contributed by atoms with Crippen LogP contribution >= 0.6 is 0 Å². The second-order valence-corrected chi connectivity index (χ2v) is 3.58. The van der Waals surface area contributed by atoms with Gasteiger partial charge in [-0.05, 0) is 24.6 Å². The van der Waals surface area contributed by atoms with E-state index in [4.69, 9.17) is 20.3 Å². The highest BCUT2D eigenvalue weighted by Crippen LogP contribution is 2.31. The molecule has 88 valence electrons. The number of rotatable bonds is 4. The Balaban J connectivity index is 3.23. The van der Waals surface area contributed by atoms with Gasteiger partial charge in [0.25, 0.3) is 0 Å². The lowest BCUT2D eigenvalue weighted by Gasteiger charge is -2.20. The second-order valence-electron chi connectivity index (χ2n) is 3.58. The summed E-state index contributed by atoms with van der Waals surface area (Å²) in [4.78, 5) is 11.0. The van der Waals surface area contributed by atoms with Crippen molar-refractivity contribution in [2.24, 2.45) is 5.73 Å². The zero-order valence-corrected chi connectivity index (χ0v) is 9.48. The fourth-order valence-electron chi connectivity index (χ4n) is 1.28. The van der Waals surface area contributed by atoms with E-state index in [0.717, 1.165) is 0 Å². The number of nitrogens with two attached hydrogens (primary N) is 1. The Hall–Kier alpha value is -1.75. The van der Waals surface area contributed by atoms with Gasteiger partial charge < -0.3 is 20.3 Å². The van der Waals surface area contributed by atoms with E-state index in [-0.39, 0.29) is 0 Å². The molecule has 0 saturated heterocycles. The van der Waals surface area contributed by atoms with Crippen LogP contribution in [0.2, 0.25) is 0 Å². The number of aliphatic carboxylic acids is 1. The fourth-order valence-corrected chi connectivity index (χ4v) is 1.28. The van der Waals surface area contributed by atoms with Crippen LogP contribution in [0, 0.1) is 0 Å². The van der Waals surface area contributed by atoms with Gasteiger partial charge in [-0.1, -0.05) is 6.07 Å². The largest absolute Gasteiger partial charge is 0.493 e. The smallest absolute Gasteiger partial charge is 0.328 e. The molecule has 1 unspecified atom stereocenters.